The molecule has 7 saturated carbocycles. The molecule has 6 aromatic carbocycles. The predicted octanol–water partition coefficient (Wildman–Crippen LogP) is 31.6. The van der Waals surface area contributed by atoms with Crippen molar-refractivity contribution in [2.45, 2.75) is 355 Å². The quantitative estimate of drug-likeness (QED) is 0.168. The zero-order chi connectivity index (χ0) is 97.2. The number of hydrogen-bond acceptors (Lipinski definition) is 12. The van der Waals surface area contributed by atoms with Crippen molar-refractivity contribution in [1.82, 2.24) is 29.9 Å². The van der Waals surface area contributed by atoms with Crippen LogP contribution < -0.4 is 29.4 Å². The number of aryl methyl sites for hydroxylation is 6. The molecular weight excluding hydrogens is 1690 g/mol. The van der Waals surface area contributed by atoms with Crippen LogP contribution in [0.5, 0.6) is 0 Å². The lowest BCUT2D eigenvalue weighted by atomic mass is 9.47. The predicted molar refractivity (Wildman–Crippen MR) is 575 cm³/mol. The summed E-state index contributed by atoms with van der Waals surface area (Å²) >= 11 is 0. The summed E-state index contributed by atoms with van der Waals surface area (Å²) < 4.78 is 0. The van der Waals surface area contributed by atoms with E-state index in [4.69, 9.17) is 19.9 Å². The van der Waals surface area contributed by atoms with Gasteiger partial charge in [0.1, 0.15) is 0 Å². The fraction of sp³-hybridized carbons (Fsp3) is 0.480. The second-order valence-corrected chi connectivity index (χ2v) is 47.3. The van der Waals surface area contributed by atoms with E-state index >= 15 is 0 Å². The summed E-state index contributed by atoms with van der Waals surface area (Å²) in [5, 5.41) is 0. The third-order valence-electron chi connectivity index (χ3n) is 40.1. The lowest BCUT2D eigenvalue weighted by molar-refractivity contribution is -0.0619. The molecule has 139 heavy (non-hydrogen) atoms. The maximum Gasteiger partial charge on any atom is 0.0890 e. The third-order valence-corrected chi connectivity index (χ3v) is 40.1. The van der Waals surface area contributed by atoms with Crippen LogP contribution in [0.2, 0.25) is 0 Å². The maximum absolute atomic E-state index is 5.07. The molecule has 7 aliphatic carbocycles. The average Bonchev–Trinajstić information content (AvgIpc) is 1.54. The molecule has 14 heterocycles. The first kappa shape index (κ1) is 94.3. The Balaban J connectivity index is 0.0000000993. The molecule has 4 bridgehead atoms. The number of aromatic nitrogens is 6. The molecule has 15 aliphatic rings. The van der Waals surface area contributed by atoms with Crippen LogP contribution in [-0.4, -0.2) is 29.9 Å². The zero-order valence-corrected chi connectivity index (χ0v) is 87.7. The molecule has 0 amide bonds. The van der Waals surface area contributed by atoms with E-state index in [9.17, 15) is 0 Å². The summed E-state index contributed by atoms with van der Waals surface area (Å²) in [5.41, 5.74) is 36.9. The SMILES string of the molecule is Cc1cccc2c1N1C(C)c3cccnc3C1(C)C(C)(C)C2(C)C.Cc1cccc2c1N1C(C)c3cccnc3C1(C)C(C)(C)C2(C)C.Cc1ccccc1N1C(C)c2cccnc2C12C1CC3CC(C1)CC2C3.Cc1ccccc1N1C(C)c2cccnc2C12CCCCC2.Cc1ccccc1N1C(C)c2ccncc2C12CCCC2.Cc1ccccc1N1C(C)c2ccncc2C12CCCCC2. The molecule has 27 rings (SSSR count). The molecule has 0 saturated heterocycles. The number of hydrogen-bond donors (Lipinski definition) is 0. The average molecular weight is 1850 g/mol. The largest absolute Gasteiger partial charge is 0.355 e. The fourth-order valence-corrected chi connectivity index (χ4v) is 32.0. The van der Waals surface area contributed by atoms with Crippen LogP contribution in [0.1, 0.15) is 381 Å². The minimum absolute atomic E-state index is 0.0364. The highest BCUT2D eigenvalue weighted by molar-refractivity contribution is 5.75. The van der Waals surface area contributed by atoms with Crippen LogP contribution in [0.3, 0.4) is 0 Å². The monoisotopic (exact) mass is 1850 g/mol. The van der Waals surface area contributed by atoms with E-state index in [2.05, 4.69) is 398 Å². The Labute approximate surface area is 832 Å². The Morgan fingerprint density at radius 1 is 0.252 bits per heavy atom. The fourth-order valence-electron chi connectivity index (χ4n) is 32.0. The number of pyridine rings is 6. The Hall–Kier alpha value is -11.0. The Kier molecular flexibility index (Phi) is 23.7. The summed E-state index contributed by atoms with van der Waals surface area (Å²) in [6.45, 7) is 51.7. The first-order chi connectivity index (χ1) is 66.7. The van der Waals surface area contributed by atoms with Gasteiger partial charge in [0, 0.05) is 106 Å². The number of para-hydroxylation sites is 6. The lowest BCUT2D eigenvalue weighted by Crippen LogP contribution is -2.62. The van der Waals surface area contributed by atoms with Crippen molar-refractivity contribution >= 4 is 34.1 Å². The Morgan fingerprint density at radius 3 is 0.928 bits per heavy atom. The van der Waals surface area contributed by atoms with E-state index in [1.54, 1.807) is 0 Å². The van der Waals surface area contributed by atoms with Crippen LogP contribution in [0.25, 0.3) is 0 Å². The molecule has 6 aromatic heterocycles. The zero-order valence-electron chi connectivity index (χ0n) is 87.7. The van der Waals surface area contributed by atoms with Gasteiger partial charge in [-0.15, -0.1) is 0 Å². The molecular formula is C127H154N12. The van der Waals surface area contributed by atoms with Crippen molar-refractivity contribution in [2.75, 3.05) is 29.4 Å². The van der Waals surface area contributed by atoms with Gasteiger partial charge >= 0.3 is 0 Å². The number of anilines is 6. The van der Waals surface area contributed by atoms with Gasteiger partial charge < -0.3 is 29.4 Å². The highest BCUT2D eigenvalue weighted by atomic mass is 15.3. The van der Waals surface area contributed by atoms with Gasteiger partial charge in [-0.2, -0.15) is 0 Å². The van der Waals surface area contributed by atoms with Gasteiger partial charge in [0.05, 0.1) is 92.3 Å². The van der Waals surface area contributed by atoms with Gasteiger partial charge in [-0.05, 0) is 341 Å². The molecule has 8 aliphatic heterocycles. The molecule has 8 unspecified atom stereocenters. The lowest BCUT2D eigenvalue weighted by Gasteiger charge is -2.63. The van der Waals surface area contributed by atoms with Crippen LogP contribution >= 0.6 is 0 Å². The van der Waals surface area contributed by atoms with E-state index in [1.165, 1.54) is 268 Å². The number of fused-ring (bicyclic) bond motifs is 17. The maximum atomic E-state index is 5.07. The van der Waals surface area contributed by atoms with Gasteiger partial charge in [0.25, 0.3) is 0 Å². The van der Waals surface area contributed by atoms with Crippen LogP contribution in [0.15, 0.2) is 244 Å². The van der Waals surface area contributed by atoms with Crippen molar-refractivity contribution in [3.63, 3.8) is 0 Å². The first-order valence-electron chi connectivity index (χ1n) is 53.6. The van der Waals surface area contributed by atoms with Crippen molar-refractivity contribution in [3.05, 3.63) is 355 Å². The van der Waals surface area contributed by atoms with E-state index in [1.807, 2.05) is 37.2 Å². The minimum atomic E-state index is -0.119. The molecule has 8 atom stereocenters. The number of rotatable bonds is 4. The molecule has 0 radical (unpaired) electrons. The molecule has 12 nitrogen and oxygen atoms in total. The summed E-state index contributed by atoms with van der Waals surface area (Å²) in [5.74, 6) is 3.50. The molecule has 722 valence electrons. The van der Waals surface area contributed by atoms with E-state index < -0.39 is 0 Å². The second kappa shape index (κ2) is 35.0. The third kappa shape index (κ3) is 13.7. The second-order valence-electron chi connectivity index (χ2n) is 47.3. The van der Waals surface area contributed by atoms with Crippen molar-refractivity contribution in [3.8, 4) is 0 Å². The molecule has 7 fully saturated rings. The van der Waals surface area contributed by atoms with Gasteiger partial charge in [-0.1, -0.05) is 240 Å². The minimum Gasteiger partial charge on any atom is -0.355 e. The molecule has 0 N–H and O–H groups in total. The summed E-state index contributed by atoms with van der Waals surface area (Å²) in [7, 11) is 0. The number of benzene rings is 6. The summed E-state index contributed by atoms with van der Waals surface area (Å²) in [6, 6.07) is 73.4. The molecule has 4 spiro atoms. The van der Waals surface area contributed by atoms with Crippen molar-refractivity contribution < 1.29 is 0 Å². The van der Waals surface area contributed by atoms with E-state index in [0.29, 0.717) is 36.3 Å². The van der Waals surface area contributed by atoms with E-state index in [0.717, 1.165) is 23.7 Å². The Morgan fingerprint density at radius 2 is 0.547 bits per heavy atom. The van der Waals surface area contributed by atoms with Crippen LogP contribution in [0, 0.1) is 76.0 Å². The standard InChI is InChI=1S/C24H28N2.2C22H28N2.2C20H24N2.C19H22N2/c1-15-6-3-4-8-22(15)26-16(2)21-7-5-9-25-23(21)24(26)19-11-17-10-18(13-19)14-20(24)12-17;2*1-14-10-8-12-17-18(14)24-15(2)16-11-9-13-23-19(16)22(24,7)21(5,6)20(17,3)4;1-15-9-4-5-11-18(15)22-16(2)17-10-8-14-21-19(17)20(22)12-6-3-7-13-20;1-15-8-4-5-9-19(15)22-16(2)17-10-13-21-14-18(17)20(22)11-6-3-7-12-20;1-14-7-3-4-8-18(14)21-15(2)16-9-12-20-13-17(16)19(21)10-5-6-11-19/h3-9,16-20H,10-14H2,1-2H3;2*8-13,15H,1-7H3;4-5,8-11,14,16H,3,6-7,12-13H2,1-2H3;4-5,8-10,13-14,16H,3,6-7,11-12H2,1-2H3;3-4,7-9,12-13,15H,5-6,10-11H2,1-2H3. The summed E-state index contributed by atoms with van der Waals surface area (Å²) in [6.07, 6.45) is 41.4. The highest BCUT2D eigenvalue weighted by Gasteiger charge is 2.69. The van der Waals surface area contributed by atoms with Gasteiger partial charge in [-0.25, -0.2) is 0 Å². The van der Waals surface area contributed by atoms with Crippen molar-refractivity contribution in [1.29, 1.82) is 0 Å². The highest BCUT2D eigenvalue weighted by Crippen LogP contribution is 2.72. The first-order valence-corrected chi connectivity index (χ1v) is 53.6. The topological polar surface area (TPSA) is 96.8 Å². The van der Waals surface area contributed by atoms with Crippen molar-refractivity contribution in [2.24, 2.45) is 34.5 Å². The summed E-state index contributed by atoms with van der Waals surface area (Å²) in [4.78, 5) is 44.8. The Bertz CT molecular complexity index is 6320. The van der Waals surface area contributed by atoms with Gasteiger partial charge in [0.15, 0.2) is 0 Å². The van der Waals surface area contributed by atoms with Crippen LogP contribution in [0.4, 0.5) is 34.1 Å². The van der Waals surface area contributed by atoms with E-state index in [-0.39, 0.29) is 54.9 Å². The van der Waals surface area contributed by atoms with Gasteiger partial charge in [0.2, 0.25) is 0 Å². The molecule has 12 aromatic rings. The number of nitrogens with zero attached hydrogens (tertiary/aromatic N) is 12. The smallest absolute Gasteiger partial charge is 0.0890 e. The van der Waals surface area contributed by atoms with Gasteiger partial charge in [-0.3, -0.25) is 29.9 Å². The molecule has 12 heteroatoms. The normalized spacial score (nSPS) is 28.1. The van der Waals surface area contributed by atoms with Crippen LogP contribution in [-0.2, 0) is 44.1 Å².